The Labute approximate surface area is 124 Å². The van der Waals surface area contributed by atoms with Crippen LogP contribution in [0, 0.1) is 11.3 Å². The highest BCUT2D eigenvalue weighted by molar-refractivity contribution is 7.89. The van der Waals surface area contributed by atoms with Gasteiger partial charge in [-0.2, -0.15) is 5.26 Å². The van der Waals surface area contributed by atoms with Crippen molar-refractivity contribution >= 4 is 21.6 Å². The summed E-state index contributed by atoms with van der Waals surface area (Å²) in [6, 6.07) is 6.71. The average molecular weight is 314 g/mol. The number of hydrogen-bond donors (Lipinski definition) is 2. The third-order valence-electron chi connectivity index (χ3n) is 3.01. The molecule has 0 saturated heterocycles. The van der Waals surface area contributed by atoms with Crippen LogP contribution in [-0.4, -0.2) is 27.5 Å². The summed E-state index contributed by atoms with van der Waals surface area (Å²) in [6.45, 7) is 1.13. The fourth-order valence-corrected chi connectivity index (χ4v) is 3.34. The lowest BCUT2D eigenvalue weighted by atomic mass is 10.2. The maximum atomic E-state index is 12.1. The van der Waals surface area contributed by atoms with Crippen LogP contribution in [0.5, 0.6) is 0 Å². The van der Waals surface area contributed by atoms with Crippen LogP contribution in [0.15, 0.2) is 23.1 Å². The summed E-state index contributed by atoms with van der Waals surface area (Å²) in [5.74, 6) is 0. The second kappa shape index (κ2) is 6.55. The molecule has 0 spiro atoms. The molecule has 0 unspecified atom stereocenters. The molecular weight excluding hydrogens is 298 g/mol. The molecule has 0 aromatic heterocycles. The number of nitrogens with one attached hydrogen (secondary N) is 2. The van der Waals surface area contributed by atoms with Crippen molar-refractivity contribution in [1.82, 2.24) is 10.0 Å². The minimum absolute atomic E-state index is 0.0478. The van der Waals surface area contributed by atoms with Crippen LogP contribution in [0.3, 0.4) is 0 Å². The molecule has 5 nitrogen and oxygen atoms in total. The van der Waals surface area contributed by atoms with Crippen molar-refractivity contribution in [3.8, 4) is 6.07 Å². The van der Waals surface area contributed by atoms with E-state index in [0.717, 1.165) is 6.54 Å². The summed E-state index contributed by atoms with van der Waals surface area (Å²) in [4.78, 5) is -0.0478. The summed E-state index contributed by atoms with van der Waals surface area (Å²) in [6.07, 6.45) is 3.13. The molecule has 0 radical (unpaired) electrons. The summed E-state index contributed by atoms with van der Waals surface area (Å²) in [7, 11) is -3.67. The van der Waals surface area contributed by atoms with Crippen molar-refractivity contribution in [2.45, 2.75) is 30.2 Å². The first-order chi connectivity index (χ1) is 9.53. The maximum Gasteiger partial charge on any atom is 0.242 e. The highest BCUT2D eigenvalue weighted by Gasteiger charge is 2.20. The monoisotopic (exact) mass is 313 g/mol. The second-order valence-corrected chi connectivity index (χ2v) is 6.88. The van der Waals surface area contributed by atoms with Gasteiger partial charge in [-0.15, -0.1) is 0 Å². The zero-order valence-electron chi connectivity index (χ0n) is 10.9. The smallest absolute Gasteiger partial charge is 0.242 e. The Morgan fingerprint density at radius 1 is 1.35 bits per heavy atom. The second-order valence-electron chi connectivity index (χ2n) is 4.74. The predicted octanol–water partition coefficient (Wildman–Crippen LogP) is 1.63. The van der Waals surface area contributed by atoms with Gasteiger partial charge in [0.25, 0.3) is 0 Å². The minimum Gasteiger partial charge on any atom is -0.314 e. The van der Waals surface area contributed by atoms with Crippen LogP contribution in [0.1, 0.15) is 24.8 Å². The number of sulfonamides is 1. The van der Waals surface area contributed by atoms with Gasteiger partial charge in [-0.1, -0.05) is 11.6 Å². The molecule has 1 aromatic rings. The van der Waals surface area contributed by atoms with E-state index >= 15 is 0 Å². The molecule has 0 atom stereocenters. The Morgan fingerprint density at radius 3 is 2.75 bits per heavy atom. The number of halogens is 1. The van der Waals surface area contributed by atoms with Gasteiger partial charge in [0, 0.05) is 12.6 Å². The Balaban J connectivity index is 1.93. The van der Waals surface area contributed by atoms with Gasteiger partial charge < -0.3 is 5.32 Å². The maximum absolute atomic E-state index is 12.1. The van der Waals surface area contributed by atoms with Crippen LogP contribution in [0.25, 0.3) is 0 Å². The largest absolute Gasteiger partial charge is 0.314 e. The van der Waals surface area contributed by atoms with E-state index in [2.05, 4.69) is 10.0 Å². The van der Waals surface area contributed by atoms with Crippen LogP contribution in [-0.2, 0) is 10.0 Å². The van der Waals surface area contributed by atoms with Crippen LogP contribution in [0.4, 0.5) is 0 Å². The van der Waals surface area contributed by atoms with Crippen LogP contribution < -0.4 is 10.0 Å². The molecule has 1 fully saturated rings. The third kappa shape index (κ3) is 4.18. The zero-order chi connectivity index (χ0) is 14.6. The lowest BCUT2D eigenvalue weighted by Gasteiger charge is -2.09. The predicted molar refractivity (Wildman–Crippen MR) is 77.0 cm³/mol. The first-order valence-corrected chi connectivity index (χ1v) is 8.32. The molecule has 0 bridgehead atoms. The highest BCUT2D eigenvalue weighted by atomic mass is 35.5. The molecule has 108 valence electrons. The molecule has 0 heterocycles. The van der Waals surface area contributed by atoms with Gasteiger partial charge in [-0.05, 0) is 44.0 Å². The summed E-state index contributed by atoms with van der Waals surface area (Å²) >= 11 is 5.89. The zero-order valence-corrected chi connectivity index (χ0v) is 12.5. The third-order valence-corrected chi connectivity index (χ3v) is 4.95. The van der Waals surface area contributed by atoms with Gasteiger partial charge in [-0.25, -0.2) is 13.1 Å². The van der Waals surface area contributed by atoms with Gasteiger partial charge in [0.15, 0.2) is 0 Å². The van der Waals surface area contributed by atoms with Crippen molar-refractivity contribution in [2.24, 2.45) is 0 Å². The number of nitrogens with zero attached hydrogens (tertiary/aromatic N) is 1. The van der Waals surface area contributed by atoms with E-state index in [-0.39, 0.29) is 15.5 Å². The number of hydrogen-bond acceptors (Lipinski definition) is 4. The SMILES string of the molecule is N#Cc1ccc(Cl)c(S(=O)(=O)NCCCNC2CC2)c1. The first-order valence-electron chi connectivity index (χ1n) is 6.45. The molecule has 0 amide bonds. The molecule has 20 heavy (non-hydrogen) atoms. The quantitative estimate of drug-likeness (QED) is 0.750. The molecular formula is C13H16ClN3O2S. The first kappa shape index (κ1) is 15.3. The summed E-state index contributed by atoms with van der Waals surface area (Å²) in [5, 5.41) is 12.2. The van der Waals surface area contributed by atoms with Gasteiger partial charge in [0.1, 0.15) is 4.90 Å². The normalized spacial score (nSPS) is 15.0. The molecule has 1 saturated carbocycles. The minimum atomic E-state index is -3.67. The van der Waals surface area contributed by atoms with Crippen LogP contribution >= 0.6 is 11.6 Å². The van der Waals surface area contributed by atoms with E-state index in [1.807, 2.05) is 6.07 Å². The highest BCUT2D eigenvalue weighted by Crippen LogP contribution is 2.22. The molecule has 7 heteroatoms. The number of benzene rings is 1. The molecule has 2 rings (SSSR count). The van der Waals surface area contributed by atoms with Gasteiger partial charge in [0.05, 0.1) is 16.7 Å². The Bertz CT molecular complexity index is 621. The molecule has 1 aliphatic rings. The lowest BCUT2D eigenvalue weighted by molar-refractivity contribution is 0.573. The summed E-state index contributed by atoms with van der Waals surface area (Å²) in [5.41, 5.74) is 0.269. The van der Waals surface area contributed by atoms with Crippen LogP contribution in [0.2, 0.25) is 5.02 Å². The standard InChI is InChI=1S/C13H16ClN3O2S/c14-12-5-2-10(9-15)8-13(12)20(18,19)17-7-1-6-16-11-3-4-11/h2,5,8,11,16-17H,1,3-4,6-7H2. The van der Waals surface area contributed by atoms with E-state index in [1.165, 1.54) is 31.0 Å². The molecule has 0 aliphatic heterocycles. The van der Waals surface area contributed by atoms with Gasteiger partial charge in [-0.3, -0.25) is 0 Å². The van der Waals surface area contributed by atoms with Gasteiger partial charge >= 0.3 is 0 Å². The van der Waals surface area contributed by atoms with Crippen molar-refractivity contribution in [1.29, 1.82) is 5.26 Å². The molecule has 1 aliphatic carbocycles. The van der Waals surface area contributed by atoms with Crippen molar-refractivity contribution in [2.75, 3.05) is 13.1 Å². The van der Waals surface area contributed by atoms with Gasteiger partial charge in [0.2, 0.25) is 10.0 Å². The Hall–Kier alpha value is -1.13. The Morgan fingerprint density at radius 2 is 2.10 bits per heavy atom. The van der Waals surface area contributed by atoms with E-state index in [1.54, 1.807) is 0 Å². The van der Waals surface area contributed by atoms with E-state index in [9.17, 15) is 8.42 Å². The average Bonchev–Trinajstić information content (AvgIpc) is 3.23. The van der Waals surface area contributed by atoms with E-state index < -0.39 is 10.0 Å². The molecule has 2 N–H and O–H groups in total. The van der Waals surface area contributed by atoms with E-state index in [4.69, 9.17) is 16.9 Å². The Kier molecular flexibility index (Phi) is 5.00. The van der Waals surface area contributed by atoms with Crippen molar-refractivity contribution in [3.63, 3.8) is 0 Å². The lowest BCUT2D eigenvalue weighted by Crippen LogP contribution is -2.28. The summed E-state index contributed by atoms with van der Waals surface area (Å²) < 4.78 is 26.7. The van der Waals surface area contributed by atoms with Crippen molar-refractivity contribution in [3.05, 3.63) is 28.8 Å². The van der Waals surface area contributed by atoms with Crippen molar-refractivity contribution < 1.29 is 8.42 Å². The van der Waals surface area contributed by atoms with E-state index in [0.29, 0.717) is 19.0 Å². The number of rotatable bonds is 7. The number of nitriles is 1. The fourth-order valence-electron chi connectivity index (χ4n) is 1.75. The fraction of sp³-hybridized carbons (Fsp3) is 0.462. The topological polar surface area (TPSA) is 82.0 Å². The molecule has 1 aromatic carbocycles.